The van der Waals surface area contributed by atoms with Crippen LogP contribution in [0.15, 0.2) is 0 Å². The molecule has 2 amide bonds. The minimum atomic E-state index is -1.20. The fourth-order valence-corrected chi connectivity index (χ4v) is 2.17. The first kappa shape index (κ1) is 18.7. The molecule has 0 radical (unpaired) electrons. The van der Waals surface area contributed by atoms with Crippen LogP contribution < -0.4 is 0 Å². The third-order valence-corrected chi connectivity index (χ3v) is 3.19. The maximum Gasteiger partial charge on any atom is 0.329 e. The van der Waals surface area contributed by atoms with Crippen LogP contribution in [0.2, 0.25) is 0 Å². The van der Waals surface area contributed by atoms with E-state index in [1.54, 1.807) is 18.7 Å². The van der Waals surface area contributed by atoms with Gasteiger partial charge < -0.3 is 14.9 Å². The Hall–Kier alpha value is -1.26. The first-order chi connectivity index (χ1) is 9.03. The molecule has 0 saturated heterocycles. The van der Waals surface area contributed by atoms with Gasteiger partial charge in [0.15, 0.2) is 0 Å². The zero-order valence-corrected chi connectivity index (χ0v) is 13.9. The monoisotopic (exact) mass is 286 g/mol. The fraction of sp³-hybridized carbons (Fsp3) is 0.867. The van der Waals surface area contributed by atoms with Crippen LogP contribution in [0.25, 0.3) is 0 Å². The number of hydrogen-bond donors (Lipinski definition) is 1. The molecule has 0 bridgehead atoms. The molecule has 0 aliphatic carbocycles. The Morgan fingerprint density at radius 3 is 1.70 bits per heavy atom. The Bertz CT molecular complexity index is 328. The van der Waals surface area contributed by atoms with Crippen molar-refractivity contribution in [3.8, 4) is 0 Å². The summed E-state index contributed by atoms with van der Waals surface area (Å²) in [7, 11) is 0. The second kappa shape index (κ2) is 7.50. The van der Waals surface area contributed by atoms with E-state index in [1.807, 2.05) is 6.92 Å². The molecule has 0 saturated carbocycles. The van der Waals surface area contributed by atoms with Crippen molar-refractivity contribution >= 4 is 12.0 Å². The lowest BCUT2D eigenvalue weighted by Gasteiger charge is -2.39. The number of likely N-dealkylation sites (N-methyl/N-ethyl adjacent to an activating group) is 1. The number of amides is 2. The highest BCUT2D eigenvalue weighted by Gasteiger charge is 2.38. The van der Waals surface area contributed by atoms with Gasteiger partial charge in [-0.3, -0.25) is 0 Å². The molecule has 5 nitrogen and oxygen atoms in total. The molecule has 0 spiro atoms. The number of carboxylic acids is 1. The molecule has 0 heterocycles. The van der Waals surface area contributed by atoms with Gasteiger partial charge in [0.1, 0.15) is 5.54 Å². The Labute approximate surface area is 122 Å². The summed E-state index contributed by atoms with van der Waals surface area (Å²) in [5.41, 5.74) is -1.20. The van der Waals surface area contributed by atoms with Gasteiger partial charge in [0.2, 0.25) is 0 Å². The molecule has 1 N–H and O–H groups in total. The molecule has 0 rings (SSSR count). The van der Waals surface area contributed by atoms with E-state index in [-0.39, 0.29) is 6.03 Å². The van der Waals surface area contributed by atoms with Crippen molar-refractivity contribution < 1.29 is 14.7 Å². The first-order valence-corrected chi connectivity index (χ1v) is 7.33. The lowest BCUT2D eigenvalue weighted by atomic mass is 10.0. The van der Waals surface area contributed by atoms with E-state index in [9.17, 15) is 14.7 Å². The van der Waals surface area contributed by atoms with Crippen LogP contribution in [-0.2, 0) is 4.79 Å². The highest BCUT2D eigenvalue weighted by molar-refractivity contribution is 5.85. The first-order valence-electron chi connectivity index (χ1n) is 7.33. The molecule has 0 aromatic rings. The minimum absolute atomic E-state index is 0.192. The molecule has 5 heteroatoms. The molecule has 0 unspecified atom stereocenters. The molecule has 0 aromatic carbocycles. The maximum absolute atomic E-state index is 12.7. The van der Waals surface area contributed by atoms with Gasteiger partial charge >= 0.3 is 12.0 Å². The second-order valence-corrected chi connectivity index (χ2v) is 6.58. The van der Waals surface area contributed by atoms with Crippen molar-refractivity contribution in [2.45, 2.75) is 54.0 Å². The van der Waals surface area contributed by atoms with E-state index in [1.165, 1.54) is 4.90 Å². The summed E-state index contributed by atoms with van der Waals surface area (Å²) >= 11 is 0. The third kappa shape index (κ3) is 5.02. The topological polar surface area (TPSA) is 60.9 Å². The van der Waals surface area contributed by atoms with Crippen LogP contribution in [0.5, 0.6) is 0 Å². The molecule has 0 fully saturated rings. The molecule has 0 aliphatic heterocycles. The minimum Gasteiger partial charge on any atom is -0.480 e. The predicted molar refractivity (Wildman–Crippen MR) is 80.7 cm³/mol. The Kier molecular flexibility index (Phi) is 7.03. The van der Waals surface area contributed by atoms with Crippen LogP contribution >= 0.6 is 0 Å². The van der Waals surface area contributed by atoms with Crippen molar-refractivity contribution in [1.82, 2.24) is 9.80 Å². The van der Waals surface area contributed by atoms with Crippen molar-refractivity contribution in [3.05, 3.63) is 0 Å². The van der Waals surface area contributed by atoms with Crippen LogP contribution in [0, 0.1) is 11.8 Å². The zero-order valence-electron chi connectivity index (χ0n) is 13.9. The SMILES string of the molecule is CCN(C(=O)N(CC(C)C)CC(C)C)C(C)(C)C(=O)O. The number of aliphatic carboxylic acids is 1. The van der Waals surface area contributed by atoms with Gasteiger partial charge in [-0.25, -0.2) is 9.59 Å². The van der Waals surface area contributed by atoms with E-state index >= 15 is 0 Å². The van der Waals surface area contributed by atoms with Crippen LogP contribution in [-0.4, -0.2) is 52.1 Å². The van der Waals surface area contributed by atoms with Gasteiger partial charge in [-0.2, -0.15) is 0 Å². The maximum atomic E-state index is 12.7. The lowest BCUT2D eigenvalue weighted by Crippen LogP contribution is -2.57. The number of hydrogen-bond acceptors (Lipinski definition) is 2. The smallest absolute Gasteiger partial charge is 0.329 e. The Morgan fingerprint density at radius 1 is 1.05 bits per heavy atom. The van der Waals surface area contributed by atoms with Crippen molar-refractivity contribution in [2.24, 2.45) is 11.8 Å². The number of nitrogens with zero attached hydrogens (tertiary/aromatic N) is 2. The average Bonchev–Trinajstić information content (AvgIpc) is 2.26. The predicted octanol–water partition coefficient (Wildman–Crippen LogP) is 2.91. The fourth-order valence-electron chi connectivity index (χ4n) is 2.17. The quantitative estimate of drug-likeness (QED) is 0.782. The largest absolute Gasteiger partial charge is 0.480 e. The standard InChI is InChI=1S/C15H30N2O3/c1-8-17(15(6,7)13(18)19)14(20)16(9-11(2)3)10-12(4)5/h11-12H,8-10H2,1-7H3,(H,18,19). The number of urea groups is 1. The van der Waals surface area contributed by atoms with Crippen molar-refractivity contribution in [1.29, 1.82) is 0 Å². The van der Waals surface area contributed by atoms with Crippen LogP contribution in [0.3, 0.4) is 0 Å². The Balaban J connectivity index is 5.23. The van der Waals surface area contributed by atoms with Gasteiger partial charge in [0.05, 0.1) is 0 Å². The van der Waals surface area contributed by atoms with Crippen LogP contribution in [0.4, 0.5) is 4.79 Å². The highest BCUT2D eigenvalue weighted by Crippen LogP contribution is 2.18. The summed E-state index contributed by atoms with van der Waals surface area (Å²) in [6.07, 6.45) is 0. The Morgan fingerprint density at radius 2 is 1.45 bits per heavy atom. The lowest BCUT2D eigenvalue weighted by molar-refractivity contribution is -0.147. The van der Waals surface area contributed by atoms with E-state index in [0.717, 1.165) is 0 Å². The van der Waals surface area contributed by atoms with E-state index in [2.05, 4.69) is 27.7 Å². The summed E-state index contributed by atoms with van der Waals surface area (Å²) in [5.74, 6) is -0.282. The normalized spacial score (nSPS) is 11.8. The number of carboxylic acid groups (broad SMARTS) is 1. The molecule has 0 atom stereocenters. The summed E-state index contributed by atoms with van der Waals surface area (Å²) in [4.78, 5) is 27.3. The van der Waals surface area contributed by atoms with Gasteiger partial charge in [-0.1, -0.05) is 27.7 Å². The molecule has 118 valence electrons. The zero-order chi connectivity index (χ0) is 16.1. The summed E-state index contributed by atoms with van der Waals surface area (Å²) in [6, 6.07) is -0.192. The molecule has 0 aromatic heterocycles. The molecular formula is C15H30N2O3. The second-order valence-electron chi connectivity index (χ2n) is 6.58. The number of carbonyl (C=O) groups is 2. The molecule has 0 aliphatic rings. The number of carbonyl (C=O) groups excluding carboxylic acids is 1. The number of rotatable bonds is 7. The molecular weight excluding hydrogens is 256 g/mol. The van der Waals surface area contributed by atoms with Gasteiger partial charge in [0, 0.05) is 19.6 Å². The highest BCUT2D eigenvalue weighted by atomic mass is 16.4. The van der Waals surface area contributed by atoms with Gasteiger partial charge in [0.25, 0.3) is 0 Å². The third-order valence-electron chi connectivity index (χ3n) is 3.19. The summed E-state index contributed by atoms with van der Waals surface area (Å²) < 4.78 is 0. The van der Waals surface area contributed by atoms with Gasteiger partial charge in [-0.05, 0) is 32.6 Å². The summed E-state index contributed by atoms with van der Waals surface area (Å²) in [6.45, 7) is 14.8. The average molecular weight is 286 g/mol. The van der Waals surface area contributed by atoms with Crippen molar-refractivity contribution in [2.75, 3.05) is 19.6 Å². The van der Waals surface area contributed by atoms with E-state index in [4.69, 9.17) is 0 Å². The van der Waals surface area contributed by atoms with Crippen molar-refractivity contribution in [3.63, 3.8) is 0 Å². The van der Waals surface area contributed by atoms with E-state index < -0.39 is 11.5 Å². The molecule has 20 heavy (non-hydrogen) atoms. The van der Waals surface area contributed by atoms with Crippen LogP contribution in [0.1, 0.15) is 48.5 Å². The van der Waals surface area contributed by atoms with E-state index in [0.29, 0.717) is 31.5 Å². The summed E-state index contributed by atoms with van der Waals surface area (Å²) in [5, 5.41) is 9.32. The van der Waals surface area contributed by atoms with Gasteiger partial charge in [-0.15, -0.1) is 0 Å².